The number of nitro groups is 1. The van der Waals surface area contributed by atoms with Gasteiger partial charge < -0.3 is 10.2 Å². The molecule has 92 valence electrons. The van der Waals surface area contributed by atoms with E-state index in [9.17, 15) is 20.0 Å². The molecule has 17 heavy (non-hydrogen) atoms. The Balaban J connectivity index is 2.79. The van der Waals surface area contributed by atoms with Crippen LogP contribution in [-0.2, 0) is 11.2 Å². The van der Waals surface area contributed by atoms with Crippen molar-refractivity contribution in [3.05, 3.63) is 33.9 Å². The second-order valence-corrected chi connectivity index (χ2v) is 3.85. The molecule has 0 spiro atoms. The van der Waals surface area contributed by atoms with Gasteiger partial charge in [0.15, 0.2) is 0 Å². The van der Waals surface area contributed by atoms with Crippen molar-refractivity contribution < 1.29 is 19.9 Å². The Morgan fingerprint density at radius 2 is 2.18 bits per heavy atom. The number of phenols is 1. The molecule has 0 saturated heterocycles. The number of carbonyl (C=O) groups is 1. The summed E-state index contributed by atoms with van der Waals surface area (Å²) < 4.78 is 0. The van der Waals surface area contributed by atoms with E-state index < -0.39 is 16.8 Å². The maximum absolute atomic E-state index is 10.6. The normalized spacial score (nSPS) is 12.1. The Labute approximate surface area is 97.7 Å². The van der Waals surface area contributed by atoms with Crippen molar-refractivity contribution in [1.29, 1.82) is 0 Å². The van der Waals surface area contributed by atoms with Crippen LogP contribution < -0.4 is 0 Å². The summed E-state index contributed by atoms with van der Waals surface area (Å²) in [5.41, 5.74) is 0.285. The topological polar surface area (TPSA) is 101 Å². The number of hydrogen-bond acceptors (Lipinski definition) is 4. The molecule has 2 N–H and O–H groups in total. The van der Waals surface area contributed by atoms with Gasteiger partial charge in [0.25, 0.3) is 5.69 Å². The van der Waals surface area contributed by atoms with Crippen molar-refractivity contribution in [2.75, 3.05) is 0 Å². The van der Waals surface area contributed by atoms with E-state index in [-0.39, 0.29) is 11.4 Å². The third-order valence-electron chi connectivity index (χ3n) is 2.54. The third kappa shape index (κ3) is 3.44. The highest BCUT2D eigenvalue weighted by molar-refractivity contribution is 5.69. The van der Waals surface area contributed by atoms with Crippen molar-refractivity contribution in [1.82, 2.24) is 0 Å². The monoisotopic (exact) mass is 239 g/mol. The Bertz CT molecular complexity index is 443. The zero-order chi connectivity index (χ0) is 13.0. The van der Waals surface area contributed by atoms with Gasteiger partial charge in [0.05, 0.1) is 10.8 Å². The zero-order valence-electron chi connectivity index (χ0n) is 9.29. The molecule has 6 nitrogen and oxygen atoms in total. The van der Waals surface area contributed by atoms with Crippen LogP contribution in [0.15, 0.2) is 18.2 Å². The molecule has 0 heterocycles. The van der Waals surface area contributed by atoms with E-state index in [1.807, 2.05) is 0 Å². The average Bonchev–Trinajstić information content (AvgIpc) is 2.26. The number of nitrogens with zero attached hydrogens (tertiary/aromatic N) is 1. The molecular formula is C11H13NO5. The van der Waals surface area contributed by atoms with Crippen LogP contribution in [0.2, 0.25) is 0 Å². The van der Waals surface area contributed by atoms with E-state index in [1.165, 1.54) is 18.2 Å². The molecule has 0 bridgehead atoms. The highest BCUT2D eigenvalue weighted by Crippen LogP contribution is 2.25. The van der Waals surface area contributed by atoms with E-state index in [4.69, 9.17) is 5.11 Å². The van der Waals surface area contributed by atoms with E-state index in [2.05, 4.69) is 0 Å². The Hall–Kier alpha value is -2.11. The lowest BCUT2D eigenvalue weighted by atomic mass is 10.0. The van der Waals surface area contributed by atoms with Crippen molar-refractivity contribution in [2.24, 2.45) is 5.92 Å². The van der Waals surface area contributed by atoms with Crippen LogP contribution >= 0.6 is 0 Å². The molecule has 0 amide bonds. The molecule has 1 atom stereocenters. The summed E-state index contributed by atoms with van der Waals surface area (Å²) in [7, 11) is 0. The molecule has 0 fully saturated rings. The number of benzene rings is 1. The molecule has 1 rings (SSSR count). The van der Waals surface area contributed by atoms with Crippen molar-refractivity contribution in [3.8, 4) is 5.75 Å². The average molecular weight is 239 g/mol. The van der Waals surface area contributed by atoms with Gasteiger partial charge in [-0.15, -0.1) is 0 Å². The largest absolute Gasteiger partial charge is 0.508 e. The minimum Gasteiger partial charge on any atom is -0.508 e. The fourth-order valence-corrected chi connectivity index (χ4v) is 1.38. The number of hydrogen-bond donors (Lipinski definition) is 2. The number of non-ortho nitro benzene ring substituents is 1. The van der Waals surface area contributed by atoms with Gasteiger partial charge in [-0.05, 0) is 18.9 Å². The molecule has 0 aliphatic carbocycles. The first-order valence-electron chi connectivity index (χ1n) is 5.11. The maximum Gasteiger partial charge on any atom is 0.306 e. The van der Waals surface area contributed by atoms with Crippen molar-refractivity contribution >= 4 is 11.7 Å². The SMILES string of the molecule is CC(CCc1cc([N+](=O)[O-])ccc1O)C(=O)O. The number of rotatable bonds is 5. The minimum atomic E-state index is -0.921. The van der Waals surface area contributed by atoms with Crippen LogP contribution in [0.1, 0.15) is 18.9 Å². The number of aliphatic carboxylic acids is 1. The molecule has 0 aromatic heterocycles. The highest BCUT2D eigenvalue weighted by atomic mass is 16.6. The summed E-state index contributed by atoms with van der Waals surface area (Å²) in [6, 6.07) is 3.72. The number of nitro benzene ring substituents is 1. The molecule has 1 aromatic carbocycles. The first kappa shape index (κ1) is 13.0. The van der Waals surface area contributed by atoms with E-state index in [1.54, 1.807) is 6.92 Å². The van der Waals surface area contributed by atoms with Gasteiger partial charge >= 0.3 is 5.97 Å². The maximum atomic E-state index is 10.6. The summed E-state index contributed by atoms with van der Waals surface area (Å²) in [5.74, 6) is -1.52. The van der Waals surface area contributed by atoms with Crippen LogP contribution in [-0.4, -0.2) is 21.1 Å². The Morgan fingerprint density at radius 3 is 2.71 bits per heavy atom. The lowest BCUT2D eigenvalue weighted by Gasteiger charge is -2.07. The second-order valence-electron chi connectivity index (χ2n) is 3.85. The van der Waals surface area contributed by atoms with Crippen molar-refractivity contribution in [3.63, 3.8) is 0 Å². The van der Waals surface area contributed by atoms with Crippen LogP contribution in [0.25, 0.3) is 0 Å². The zero-order valence-corrected chi connectivity index (χ0v) is 9.29. The van der Waals surface area contributed by atoms with Gasteiger partial charge in [-0.2, -0.15) is 0 Å². The van der Waals surface area contributed by atoms with Crippen LogP contribution in [0, 0.1) is 16.0 Å². The van der Waals surface area contributed by atoms with Crippen LogP contribution in [0.3, 0.4) is 0 Å². The Morgan fingerprint density at radius 1 is 1.53 bits per heavy atom. The Kier molecular flexibility index (Phi) is 4.03. The minimum absolute atomic E-state index is 0.0480. The standard InChI is InChI=1S/C11H13NO5/c1-7(11(14)15)2-3-8-6-9(12(16)17)4-5-10(8)13/h4-7,13H,2-3H2,1H3,(H,14,15). The summed E-state index contributed by atoms with van der Waals surface area (Å²) in [4.78, 5) is 20.6. The van der Waals surface area contributed by atoms with Crippen molar-refractivity contribution in [2.45, 2.75) is 19.8 Å². The quantitative estimate of drug-likeness (QED) is 0.604. The summed E-state index contributed by atoms with van der Waals surface area (Å²) in [6.07, 6.45) is 0.616. The fraction of sp³-hybridized carbons (Fsp3) is 0.364. The van der Waals surface area contributed by atoms with Gasteiger partial charge in [-0.3, -0.25) is 14.9 Å². The molecule has 0 radical (unpaired) electrons. The highest BCUT2D eigenvalue weighted by Gasteiger charge is 2.14. The van der Waals surface area contributed by atoms with Gasteiger partial charge in [0.1, 0.15) is 5.75 Å². The lowest BCUT2D eigenvalue weighted by molar-refractivity contribution is -0.384. The number of aromatic hydroxyl groups is 1. The van der Waals surface area contributed by atoms with Crippen LogP contribution in [0.5, 0.6) is 5.75 Å². The van der Waals surface area contributed by atoms with Gasteiger partial charge in [-0.1, -0.05) is 6.92 Å². The summed E-state index contributed by atoms with van der Waals surface area (Å²) >= 11 is 0. The van der Waals surface area contributed by atoms with Gasteiger partial charge in [-0.25, -0.2) is 0 Å². The van der Waals surface area contributed by atoms with E-state index in [0.717, 1.165) is 0 Å². The molecule has 1 aromatic rings. The second kappa shape index (κ2) is 5.29. The molecular weight excluding hydrogens is 226 g/mol. The predicted octanol–water partition coefficient (Wildman–Crippen LogP) is 1.95. The van der Waals surface area contributed by atoms with Crippen LogP contribution in [0.4, 0.5) is 5.69 Å². The van der Waals surface area contributed by atoms with Gasteiger partial charge in [0, 0.05) is 17.7 Å². The fourth-order valence-electron chi connectivity index (χ4n) is 1.38. The smallest absolute Gasteiger partial charge is 0.306 e. The number of carboxylic acids is 1. The first-order chi connectivity index (χ1) is 7.91. The molecule has 0 saturated carbocycles. The first-order valence-corrected chi connectivity index (χ1v) is 5.11. The van der Waals surface area contributed by atoms with E-state index in [0.29, 0.717) is 18.4 Å². The predicted molar refractivity (Wildman–Crippen MR) is 59.9 cm³/mol. The summed E-state index contributed by atoms with van der Waals surface area (Å²) in [6.45, 7) is 1.55. The number of carboxylic acid groups (broad SMARTS) is 1. The molecule has 6 heteroatoms. The molecule has 0 aliphatic heterocycles. The lowest BCUT2D eigenvalue weighted by Crippen LogP contribution is -2.10. The summed E-state index contributed by atoms with van der Waals surface area (Å²) in [5, 5.41) is 28.7. The van der Waals surface area contributed by atoms with Gasteiger partial charge in [0.2, 0.25) is 0 Å². The molecule has 1 unspecified atom stereocenters. The third-order valence-corrected chi connectivity index (χ3v) is 2.54. The van der Waals surface area contributed by atoms with E-state index >= 15 is 0 Å². The molecule has 0 aliphatic rings. The number of aryl methyl sites for hydroxylation is 1. The number of phenolic OH excluding ortho intramolecular Hbond substituents is 1.